The first kappa shape index (κ1) is 11.5. The number of rotatable bonds is 2. The molecular weight excluding hydrogens is 242 g/mol. The Morgan fingerprint density at radius 2 is 2.24 bits per heavy atom. The van der Waals surface area contributed by atoms with Crippen LogP contribution < -0.4 is 5.73 Å². The van der Waals surface area contributed by atoms with Crippen molar-refractivity contribution in [3.05, 3.63) is 40.7 Å². The van der Waals surface area contributed by atoms with Gasteiger partial charge in [-0.3, -0.25) is 0 Å². The van der Waals surface area contributed by atoms with Crippen LogP contribution in [0.4, 0.5) is 5.69 Å². The minimum atomic E-state index is -1.07. The van der Waals surface area contributed by atoms with Crippen molar-refractivity contribution >= 4 is 23.3 Å². The molecule has 2 rings (SSSR count). The highest BCUT2D eigenvalue weighted by atomic mass is 35.5. The predicted octanol–water partition coefficient (Wildman–Crippen LogP) is 2.11. The number of carboxylic acid groups (broad SMARTS) is 1. The minimum absolute atomic E-state index is 0.0479. The molecular formula is C11H10ClN3O2. The van der Waals surface area contributed by atoms with Gasteiger partial charge >= 0.3 is 5.97 Å². The summed E-state index contributed by atoms with van der Waals surface area (Å²) in [4.78, 5) is 10.9. The van der Waals surface area contributed by atoms with Gasteiger partial charge in [0.2, 0.25) is 0 Å². The summed E-state index contributed by atoms with van der Waals surface area (Å²) in [5.74, 6) is -1.07. The van der Waals surface area contributed by atoms with Crippen LogP contribution in [-0.2, 0) is 0 Å². The highest BCUT2D eigenvalue weighted by molar-refractivity contribution is 6.31. The van der Waals surface area contributed by atoms with E-state index >= 15 is 0 Å². The second kappa shape index (κ2) is 4.10. The standard InChI is InChI=1S/C11H10ClN3O2/c1-6-9(12)5-15(14-6)7-2-3-10(13)8(4-7)11(16)17/h2-5H,13H2,1H3,(H,16,17). The Morgan fingerprint density at radius 3 is 2.76 bits per heavy atom. The van der Waals surface area contributed by atoms with Crippen molar-refractivity contribution < 1.29 is 9.90 Å². The Balaban J connectivity index is 2.53. The smallest absolute Gasteiger partial charge is 0.337 e. The van der Waals surface area contributed by atoms with Crippen LogP contribution >= 0.6 is 11.6 Å². The number of aryl methyl sites for hydroxylation is 1. The summed E-state index contributed by atoms with van der Waals surface area (Å²) < 4.78 is 1.52. The SMILES string of the molecule is Cc1nn(-c2ccc(N)c(C(=O)O)c2)cc1Cl. The highest BCUT2D eigenvalue weighted by Gasteiger charge is 2.11. The molecule has 0 aliphatic heterocycles. The molecule has 6 heteroatoms. The Bertz CT molecular complexity index is 573. The number of carbonyl (C=O) groups is 1. The third kappa shape index (κ3) is 2.09. The first-order valence-corrected chi connectivity index (χ1v) is 5.22. The molecule has 88 valence electrons. The van der Waals surface area contributed by atoms with E-state index < -0.39 is 5.97 Å². The molecule has 0 atom stereocenters. The molecule has 0 aliphatic rings. The lowest BCUT2D eigenvalue weighted by Crippen LogP contribution is -2.04. The molecule has 5 nitrogen and oxygen atoms in total. The lowest BCUT2D eigenvalue weighted by molar-refractivity contribution is 0.0698. The lowest BCUT2D eigenvalue weighted by atomic mass is 10.1. The monoisotopic (exact) mass is 251 g/mol. The van der Waals surface area contributed by atoms with Gasteiger partial charge in [0.05, 0.1) is 22.0 Å². The normalized spacial score (nSPS) is 10.5. The first-order valence-electron chi connectivity index (χ1n) is 4.84. The van der Waals surface area contributed by atoms with Crippen molar-refractivity contribution in [2.75, 3.05) is 5.73 Å². The van der Waals surface area contributed by atoms with Crippen molar-refractivity contribution in [3.8, 4) is 5.69 Å². The first-order chi connectivity index (χ1) is 7.99. The fourth-order valence-electron chi connectivity index (χ4n) is 1.44. The second-order valence-corrected chi connectivity index (χ2v) is 3.99. The van der Waals surface area contributed by atoms with Gasteiger partial charge < -0.3 is 10.8 Å². The molecule has 1 aromatic heterocycles. The molecule has 1 heterocycles. The van der Waals surface area contributed by atoms with E-state index in [9.17, 15) is 4.79 Å². The van der Waals surface area contributed by atoms with Gasteiger partial charge in [-0.05, 0) is 25.1 Å². The van der Waals surface area contributed by atoms with E-state index in [0.29, 0.717) is 16.4 Å². The molecule has 0 saturated carbocycles. The zero-order chi connectivity index (χ0) is 12.6. The summed E-state index contributed by atoms with van der Waals surface area (Å²) in [7, 11) is 0. The van der Waals surface area contributed by atoms with Gasteiger partial charge in [-0.1, -0.05) is 11.6 Å². The summed E-state index contributed by atoms with van der Waals surface area (Å²) in [6, 6.07) is 4.68. The van der Waals surface area contributed by atoms with Gasteiger partial charge in [0.25, 0.3) is 0 Å². The number of nitrogens with zero attached hydrogens (tertiary/aromatic N) is 2. The number of aromatic carboxylic acids is 1. The highest BCUT2D eigenvalue weighted by Crippen LogP contribution is 2.20. The Hall–Kier alpha value is -2.01. The molecule has 0 fully saturated rings. The van der Waals surface area contributed by atoms with Crippen LogP contribution in [0, 0.1) is 6.92 Å². The van der Waals surface area contributed by atoms with Crippen molar-refractivity contribution in [3.63, 3.8) is 0 Å². The number of nitrogen functional groups attached to an aromatic ring is 1. The number of benzene rings is 1. The van der Waals surface area contributed by atoms with Gasteiger partial charge in [0.15, 0.2) is 0 Å². The Kier molecular flexibility index (Phi) is 2.77. The fourth-order valence-corrected chi connectivity index (χ4v) is 1.57. The van der Waals surface area contributed by atoms with Gasteiger partial charge in [0, 0.05) is 11.9 Å². The number of anilines is 1. The van der Waals surface area contributed by atoms with Crippen molar-refractivity contribution in [1.29, 1.82) is 0 Å². The van der Waals surface area contributed by atoms with E-state index in [1.165, 1.54) is 16.8 Å². The zero-order valence-electron chi connectivity index (χ0n) is 9.01. The third-order valence-corrected chi connectivity index (χ3v) is 2.74. The van der Waals surface area contributed by atoms with Crippen LogP contribution in [-0.4, -0.2) is 20.9 Å². The summed E-state index contributed by atoms with van der Waals surface area (Å²) in [5, 5.41) is 13.6. The number of hydrogen-bond donors (Lipinski definition) is 2. The molecule has 3 N–H and O–H groups in total. The molecule has 0 bridgehead atoms. The molecule has 2 aromatic rings. The number of carboxylic acids is 1. The quantitative estimate of drug-likeness (QED) is 0.801. The van der Waals surface area contributed by atoms with Crippen LogP contribution in [0.2, 0.25) is 5.02 Å². The zero-order valence-corrected chi connectivity index (χ0v) is 9.77. The molecule has 0 unspecified atom stereocenters. The summed E-state index contributed by atoms with van der Waals surface area (Å²) in [5.41, 5.74) is 7.12. The van der Waals surface area contributed by atoms with E-state index in [0.717, 1.165) is 0 Å². The lowest BCUT2D eigenvalue weighted by Gasteiger charge is -2.05. The van der Waals surface area contributed by atoms with E-state index in [1.807, 2.05) is 0 Å². The molecule has 1 aromatic carbocycles. The third-order valence-electron chi connectivity index (χ3n) is 2.37. The summed E-state index contributed by atoms with van der Waals surface area (Å²) >= 11 is 5.89. The second-order valence-electron chi connectivity index (χ2n) is 3.58. The fraction of sp³-hybridized carbons (Fsp3) is 0.0909. The Labute approximate surface area is 102 Å². The van der Waals surface area contributed by atoms with Gasteiger partial charge in [-0.2, -0.15) is 5.10 Å². The maximum Gasteiger partial charge on any atom is 0.337 e. The minimum Gasteiger partial charge on any atom is -0.478 e. The largest absolute Gasteiger partial charge is 0.478 e. The molecule has 17 heavy (non-hydrogen) atoms. The van der Waals surface area contributed by atoms with Crippen molar-refractivity contribution in [2.45, 2.75) is 6.92 Å². The molecule has 0 spiro atoms. The molecule has 0 radical (unpaired) electrons. The van der Waals surface area contributed by atoms with Crippen LogP contribution in [0.15, 0.2) is 24.4 Å². The van der Waals surface area contributed by atoms with Crippen LogP contribution in [0.5, 0.6) is 0 Å². The summed E-state index contributed by atoms with van der Waals surface area (Å²) in [6.45, 7) is 1.77. The maximum atomic E-state index is 10.9. The Morgan fingerprint density at radius 1 is 1.53 bits per heavy atom. The van der Waals surface area contributed by atoms with Crippen molar-refractivity contribution in [2.24, 2.45) is 0 Å². The molecule has 0 saturated heterocycles. The van der Waals surface area contributed by atoms with Crippen LogP contribution in [0.25, 0.3) is 5.69 Å². The average molecular weight is 252 g/mol. The van der Waals surface area contributed by atoms with E-state index in [4.69, 9.17) is 22.4 Å². The van der Waals surface area contributed by atoms with E-state index in [2.05, 4.69) is 5.10 Å². The molecule has 0 amide bonds. The number of halogens is 1. The van der Waals surface area contributed by atoms with Gasteiger partial charge in [0.1, 0.15) is 0 Å². The van der Waals surface area contributed by atoms with Crippen LogP contribution in [0.1, 0.15) is 16.1 Å². The van der Waals surface area contributed by atoms with Crippen molar-refractivity contribution in [1.82, 2.24) is 9.78 Å². The topological polar surface area (TPSA) is 81.1 Å². The van der Waals surface area contributed by atoms with Gasteiger partial charge in [-0.15, -0.1) is 0 Å². The van der Waals surface area contributed by atoms with E-state index in [1.54, 1.807) is 19.2 Å². The molecule has 0 aliphatic carbocycles. The number of nitrogens with two attached hydrogens (primary N) is 1. The predicted molar refractivity (Wildman–Crippen MR) is 64.7 cm³/mol. The number of hydrogen-bond acceptors (Lipinski definition) is 3. The van der Waals surface area contributed by atoms with Crippen LogP contribution in [0.3, 0.4) is 0 Å². The average Bonchev–Trinajstić information content (AvgIpc) is 2.59. The summed E-state index contributed by atoms with van der Waals surface area (Å²) in [6.07, 6.45) is 1.62. The van der Waals surface area contributed by atoms with E-state index in [-0.39, 0.29) is 11.3 Å². The number of aromatic nitrogens is 2. The maximum absolute atomic E-state index is 10.9. The van der Waals surface area contributed by atoms with Gasteiger partial charge in [-0.25, -0.2) is 9.48 Å².